The van der Waals surface area contributed by atoms with E-state index in [9.17, 15) is 4.39 Å². The molecule has 0 amide bonds. The summed E-state index contributed by atoms with van der Waals surface area (Å²) in [5.41, 5.74) is 3.66. The molecule has 1 unspecified atom stereocenters. The third kappa shape index (κ3) is 3.66. The molecule has 0 spiro atoms. The van der Waals surface area contributed by atoms with E-state index in [2.05, 4.69) is 59.1 Å². The van der Waals surface area contributed by atoms with Crippen molar-refractivity contribution < 1.29 is 4.39 Å². The summed E-state index contributed by atoms with van der Waals surface area (Å²) in [5, 5.41) is 13.9. The quantitative estimate of drug-likeness (QED) is 0.422. The SMILES string of the molecule is Fc1ccccc1-c1cc(NCC2C=CC(c3csnn3)=CC2)n2ncc(Br)c2n1. The fourth-order valence-electron chi connectivity index (χ4n) is 3.40. The van der Waals surface area contributed by atoms with E-state index in [4.69, 9.17) is 0 Å². The molecule has 0 aliphatic heterocycles. The monoisotopic (exact) mass is 482 g/mol. The molecule has 6 nitrogen and oxygen atoms in total. The van der Waals surface area contributed by atoms with Crippen LogP contribution in [-0.4, -0.2) is 30.7 Å². The lowest BCUT2D eigenvalue weighted by molar-refractivity contribution is 0.630. The van der Waals surface area contributed by atoms with Crippen LogP contribution in [0.1, 0.15) is 12.1 Å². The predicted octanol–water partition coefficient (Wildman–Crippen LogP) is 5.22. The summed E-state index contributed by atoms with van der Waals surface area (Å²) in [7, 11) is 0. The van der Waals surface area contributed by atoms with Gasteiger partial charge in [-0.1, -0.05) is 34.8 Å². The van der Waals surface area contributed by atoms with E-state index in [-0.39, 0.29) is 5.82 Å². The molecular weight excluding hydrogens is 467 g/mol. The van der Waals surface area contributed by atoms with Crippen molar-refractivity contribution in [3.05, 3.63) is 76.1 Å². The topological polar surface area (TPSA) is 68.0 Å². The summed E-state index contributed by atoms with van der Waals surface area (Å²) in [6.07, 6.45) is 9.03. The van der Waals surface area contributed by atoms with Crippen molar-refractivity contribution in [1.82, 2.24) is 24.2 Å². The van der Waals surface area contributed by atoms with E-state index in [1.54, 1.807) is 28.9 Å². The molecule has 3 aromatic heterocycles. The lowest BCUT2D eigenvalue weighted by atomic mass is 9.95. The van der Waals surface area contributed by atoms with Gasteiger partial charge in [0.2, 0.25) is 0 Å². The van der Waals surface area contributed by atoms with E-state index < -0.39 is 0 Å². The van der Waals surface area contributed by atoms with E-state index in [0.29, 0.717) is 29.4 Å². The Labute approximate surface area is 184 Å². The Balaban J connectivity index is 1.40. The Morgan fingerprint density at radius 3 is 2.93 bits per heavy atom. The maximum atomic E-state index is 14.3. The molecule has 1 aromatic carbocycles. The highest BCUT2D eigenvalue weighted by Gasteiger charge is 2.16. The molecule has 30 heavy (non-hydrogen) atoms. The lowest BCUT2D eigenvalue weighted by Gasteiger charge is -2.18. The first-order chi connectivity index (χ1) is 14.7. The first-order valence-corrected chi connectivity index (χ1v) is 11.0. The summed E-state index contributed by atoms with van der Waals surface area (Å²) in [5.74, 6) is 0.774. The Bertz CT molecular complexity index is 1260. The highest BCUT2D eigenvalue weighted by molar-refractivity contribution is 9.10. The second-order valence-electron chi connectivity index (χ2n) is 6.92. The number of allylic oxidation sites excluding steroid dienone is 3. The van der Waals surface area contributed by atoms with Gasteiger partial charge in [0.25, 0.3) is 0 Å². The highest BCUT2D eigenvalue weighted by Crippen LogP contribution is 2.28. The zero-order chi connectivity index (χ0) is 20.5. The van der Waals surface area contributed by atoms with Crippen LogP contribution in [0, 0.1) is 11.7 Å². The molecule has 5 rings (SSSR count). The number of halogens is 2. The summed E-state index contributed by atoms with van der Waals surface area (Å²) in [6, 6.07) is 8.47. The second-order valence-corrected chi connectivity index (χ2v) is 8.38. The van der Waals surface area contributed by atoms with Crippen LogP contribution >= 0.6 is 27.5 Å². The molecule has 0 saturated heterocycles. The summed E-state index contributed by atoms with van der Waals surface area (Å²) >= 11 is 4.83. The number of nitrogens with one attached hydrogen (secondary N) is 1. The molecule has 4 aromatic rings. The van der Waals surface area contributed by atoms with Gasteiger partial charge < -0.3 is 5.32 Å². The fourth-order valence-corrected chi connectivity index (χ4v) is 4.21. The van der Waals surface area contributed by atoms with Crippen molar-refractivity contribution in [2.45, 2.75) is 6.42 Å². The number of fused-ring (bicyclic) bond motifs is 1. The van der Waals surface area contributed by atoms with E-state index in [0.717, 1.165) is 28.0 Å². The third-order valence-corrected chi connectivity index (χ3v) is 6.03. The molecule has 9 heteroatoms. The van der Waals surface area contributed by atoms with Gasteiger partial charge in [0, 0.05) is 23.6 Å². The van der Waals surface area contributed by atoms with Crippen LogP contribution in [-0.2, 0) is 0 Å². The average Bonchev–Trinajstić information content (AvgIpc) is 3.43. The zero-order valence-electron chi connectivity index (χ0n) is 15.7. The molecule has 1 aliphatic carbocycles. The molecule has 0 bridgehead atoms. The van der Waals surface area contributed by atoms with Gasteiger partial charge in [0.15, 0.2) is 5.65 Å². The Hall–Kier alpha value is -2.91. The van der Waals surface area contributed by atoms with Crippen LogP contribution in [0.2, 0.25) is 0 Å². The Morgan fingerprint density at radius 2 is 2.17 bits per heavy atom. The predicted molar refractivity (Wildman–Crippen MR) is 120 cm³/mol. The van der Waals surface area contributed by atoms with Crippen LogP contribution < -0.4 is 5.32 Å². The highest BCUT2D eigenvalue weighted by atomic mass is 79.9. The van der Waals surface area contributed by atoms with E-state index in [1.165, 1.54) is 17.6 Å². The number of nitrogens with zero attached hydrogens (tertiary/aromatic N) is 5. The molecule has 0 fully saturated rings. The molecule has 150 valence electrons. The van der Waals surface area contributed by atoms with Gasteiger partial charge in [-0.3, -0.25) is 0 Å². The van der Waals surface area contributed by atoms with Gasteiger partial charge in [-0.25, -0.2) is 9.37 Å². The second kappa shape index (κ2) is 8.08. The van der Waals surface area contributed by atoms with Crippen molar-refractivity contribution in [2.24, 2.45) is 5.92 Å². The number of hydrogen-bond acceptors (Lipinski definition) is 6. The molecule has 1 atom stereocenters. The van der Waals surface area contributed by atoms with Gasteiger partial charge in [-0.2, -0.15) is 9.61 Å². The van der Waals surface area contributed by atoms with Crippen molar-refractivity contribution in [3.8, 4) is 11.3 Å². The van der Waals surface area contributed by atoms with Crippen LogP contribution in [0.15, 0.2) is 64.6 Å². The van der Waals surface area contributed by atoms with E-state index in [1.807, 2.05) is 11.4 Å². The summed E-state index contributed by atoms with van der Waals surface area (Å²) in [4.78, 5) is 4.60. The Morgan fingerprint density at radius 1 is 1.27 bits per heavy atom. The standard InChI is InChI=1S/C21H16BrFN6S/c22-16-11-25-29-20(9-18(26-21(16)29)15-3-1-2-4-17(15)23)24-10-13-5-7-14(8-6-13)19-12-30-28-27-19/h1-5,7-9,11-13,24H,6,10H2. The van der Waals surface area contributed by atoms with E-state index >= 15 is 0 Å². The molecular formula is C21H16BrFN6S. The maximum Gasteiger partial charge on any atom is 0.172 e. The maximum absolute atomic E-state index is 14.3. The molecule has 0 saturated carbocycles. The number of hydrogen-bond donors (Lipinski definition) is 1. The molecule has 0 radical (unpaired) electrons. The van der Waals surface area contributed by atoms with Crippen LogP contribution in [0.3, 0.4) is 0 Å². The van der Waals surface area contributed by atoms with Gasteiger partial charge >= 0.3 is 0 Å². The molecule has 3 heterocycles. The minimum absolute atomic E-state index is 0.305. The first kappa shape index (κ1) is 19.1. The van der Waals surface area contributed by atoms with Crippen molar-refractivity contribution >= 4 is 44.5 Å². The van der Waals surface area contributed by atoms with Gasteiger partial charge in [0.05, 0.1) is 16.4 Å². The van der Waals surface area contributed by atoms with Gasteiger partial charge in [-0.15, -0.1) is 5.10 Å². The number of aromatic nitrogens is 5. The van der Waals surface area contributed by atoms with Crippen LogP contribution in [0.25, 0.3) is 22.5 Å². The average molecular weight is 483 g/mol. The smallest absolute Gasteiger partial charge is 0.172 e. The van der Waals surface area contributed by atoms with Crippen molar-refractivity contribution in [1.29, 1.82) is 0 Å². The number of rotatable bonds is 5. The van der Waals surface area contributed by atoms with Crippen LogP contribution in [0.4, 0.5) is 10.2 Å². The Kier molecular flexibility index (Phi) is 5.14. The van der Waals surface area contributed by atoms with Crippen molar-refractivity contribution in [2.75, 3.05) is 11.9 Å². The zero-order valence-corrected chi connectivity index (χ0v) is 18.1. The van der Waals surface area contributed by atoms with Crippen molar-refractivity contribution in [3.63, 3.8) is 0 Å². The fraction of sp³-hybridized carbons (Fsp3) is 0.143. The minimum Gasteiger partial charge on any atom is -0.369 e. The summed E-state index contributed by atoms with van der Waals surface area (Å²) < 4.78 is 20.7. The first-order valence-electron chi connectivity index (χ1n) is 9.38. The minimum atomic E-state index is -0.305. The molecule has 1 N–H and O–H groups in total. The van der Waals surface area contributed by atoms with Crippen LogP contribution in [0.5, 0.6) is 0 Å². The third-order valence-electron chi connectivity index (χ3n) is 4.97. The number of anilines is 1. The molecule has 1 aliphatic rings. The lowest BCUT2D eigenvalue weighted by Crippen LogP contribution is -2.16. The van der Waals surface area contributed by atoms with Gasteiger partial charge in [0.1, 0.15) is 17.3 Å². The number of benzene rings is 1. The van der Waals surface area contributed by atoms with Gasteiger partial charge in [-0.05, 0) is 57.5 Å². The normalized spacial score (nSPS) is 16.1. The largest absolute Gasteiger partial charge is 0.369 e. The summed E-state index contributed by atoms with van der Waals surface area (Å²) in [6.45, 7) is 0.711.